The van der Waals surface area contributed by atoms with Crippen LogP contribution in [0.4, 0.5) is 0 Å². The molecule has 22 heteroatoms. The smallest absolute Gasteiger partial charge is 0.394 e. The lowest BCUT2D eigenvalue weighted by molar-refractivity contribution is -0.247. The molecule has 1 aromatic heterocycles. The van der Waals surface area contributed by atoms with E-state index in [0.29, 0.717) is 0 Å². The second-order valence-electron chi connectivity index (χ2n) is 8.42. The van der Waals surface area contributed by atoms with Gasteiger partial charge in [0, 0.05) is 19.2 Å². The lowest BCUT2D eigenvalue weighted by Crippen LogP contribution is -2.64. The Hall–Kier alpha value is -1.87. The van der Waals surface area contributed by atoms with Gasteiger partial charge in [0.15, 0.2) is 12.5 Å². The van der Waals surface area contributed by atoms with E-state index < -0.39 is 101 Å². The molecule has 39 heavy (non-hydrogen) atoms. The summed E-state index contributed by atoms with van der Waals surface area (Å²) in [6, 6.07) is -0.766. The van der Waals surface area contributed by atoms with Crippen molar-refractivity contribution in [2.75, 3.05) is 13.2 Å². The average molecular weight is 607 g/mol. The summed E-state index contributed by atoms with van der Waals surface area (Å²) in [5.41, 5.74) is -1.75. The zero-order valence-corrected chi connectivity index (χ0v) is 21.6. The maximum Gasteiger partial charge on any atom is 0.483 e. The third-order valence-corrected chi connectivity index (χ3v) is 8.16. The van der Waals surface area contributed by atoms with Gasteiger partial charge in [0.1, 0.15) is 42.7 Å². The van der Waals surface area contributed by atoms with Gasteiger partial charge in [-0.1, -0.05) is 0 Å². The number of phosphoric acid groups is 2. The minimum Gasteiger partial charge on any atom is -0.394 e. The molecule has 0 spiro atoms. The van der Waals surface area contributed by atoms with Crippen molar-refractivity contribution < 1.29 is 72.1 Å². The number of hydrogen-bond donors (Lipinski definition) is 9. The van der Waals surface area contributed by atoms with Crippen LogP contribution in [-0.4, -0.2) is 113 Å². The summed E-state index contributed by atoms with van der Waals surface area (Å²) in [5, 5.41) is 51.9. The number of rotatable bonds is 10. The van der Waals surface area contributed by atoms with Gasteiger partial charge in [0.2, 0.25) is 5.91 Å². The number of H-pyrrole nitrogens is 1. The van der Waals surface area contributed by atoms with Crippen molar-refractivity contribution in [3.05, 3.63) is 33.1 Å². The summed E-state index contributed by atoms with van der Waals surface area (Å²) in [7, 11) is -11.1. The summed E-state index contributed by atoms with van der Waals surface area (Å²) in [6.07, 6.45) is -13.0. The summed E-state index contributed by atoms with van der Waals surface area (Å²) < 4.78 is 49.2. The van der Waals surface area contributed by atoms with Crippen LogP contribution in [0.5, 0.6) is 0 Å². The Morgan fingerprint density at radius 2 is 1.69 bits per heavy atom. The molecule has 1 amide bonds. The van der Waals surface area contributed by atoms with Crippen molar-refractivity contribution in [3.8, 4) is 0 Å². The molecule has 2 fully saturated rings. The van der Waals surface area contributed by atoms with Crippen molar-refractivity contribution in [2.24, 2.45) is 0 Å². The first-order valence-corrected chi connectivity index (χ1v) is 14.0. The highest BCUT2D eigenvalue weighted by molar-refractivity contribution is 7.61. The van der Waals surface area contributed by atoms with Crippen molar-refractivity contribution in [1.82, 2.24) is 14.9 Å². The molecule has 3 rings (SSSR count). The van der Waals surface area contributed by atoms with Gasteiger partial charge in [0.25, 0.3) is 5.56 Å². The van der Waals surface area contributed by atoms with Crippen molar-refractivity contribution >= 4 is 21.6 Å². The number of aliphatic hydroxyl groups excluding tert-OH is 5. The minimum absolute atomic E-state index is 0.723. The molecule has 2 aliphatic heterocycles. The molecule has 20 nitrogen and oxygen atoms in total. The molecule has 0 aromatic carbocycles. The number of hydrogen-bond acceptors (Lipinski definition) is 15. The number of phosphoric ester groups is 2. The third kappa shape index (κ3) is 7.66. The lowest BCUT2D eigenvalue weighted by Gasteiger charge is -2.42. The molecule has 2 unspecified atom stereocenters. The fourth-order valence-corrected chi connectivity index (χ4v) is 5.92. The number of carbonyl (C=O) groups excluding carboxylic acids is 1. The topological polar surface area (TPSA) is 306 Å². The molecule has 0 radical (unpaired) electrons. The Morgan fingerprint density at radius 3 is 2.28 bits per heavy atom. The van der Waals surface area contributed by atoms with Crippen LogP contribution >= 0.6 is 15.6 Å². The number of carbonyl (C=O) groups is 1. The molecule has 222 valence electrons. The van der Waals surface area contributed by atoms with Crippen molar-refractivity contribution in [2.45, 2.75) is 62.1 Å². The van der Waals surface area contributed by atoms with Crippen LogP contribution in [0.2, 0.25) is 0 Å². The van der Waals surface area contributed by atoms with E-state index in [2.05, 4.69) is 18.7 Å². The monoisotopic (exact) mass is 607 g/mol. The fourth-order valence-electron chi connectivity index (χ4n) is 3.76. The number of nitrogens with one attached hydrogen (secondary N) is 2. The summed E-state index contributed by atoms with van der Waals surface area (Å²) in [4.78, 5) is 56.4. The number of amides is 1. The van der Waals surface area contributed by atoms with Gasteiger partial charge >= 0.3 is 21.3 Å². The molecule has 2 aliphatic rings. The maximum atomic E-state index is 12.4. The van der Waals surface area contributed by atoms with Crippen LogP contribution in [-0.2, 0) is 36.8 Å². The summed E-state index contributed by atoms with van der Waals surface area (Å²) in [5.74, 6) is -0.796. The number of aromatic amines is 1. The molecular weight excluding hydrogens is 580 g/mol. The van der Waals surface area contributed by atoms with Gasteiger partial charge in [-0.25, -0.2) is 13.9 Å². The molecule has 2 saturated heterocycles. The largest absolute Gasteiger partial charge is 0.483 e. The van der Waals surface area contributed by atoms with Gasteiger partial charge < -0.3 is 50.1 Å². The van der Waals surface area contributed by atoms with Gasteiger partial charge in [-0.2, -0.15) is 4.31 Å². The number of ether oxygens (including phenoxy) is 2. The molecule has 11 atom stereocenters. The second-order valence-corrected chi connectivity index (χ2v) is 11.4. The average Bonchev–Trinajstić information content (AvgIpc) is 3.10. The van der Waals surface area contributed by atoms with E-state index in [1.54, 1.807) is 0 Å². The van der Waals surface area contributed by atoms with Crippen LogP contribution in [0.1, 0.15) is 13.2 Å². The number of aromatic nitrogens is 2. The SMILES string of the molecule is CC(=O)N[C@H]1[C@H](OP(=O)(O)OP(=O)(O)OC[C@H]2O[C@@H](n3ccc(=O)[nH]c3=O)[C@H](O)[C@@H]2O)O[C@H](CO)[C@@H](O)[C@@H]1O. The normalized spacial score (nSPS) is 36.2. The highest BCUT2D eigenvalue weighted by Gasteiger charge is 2.50. The van der Waals surface area contributed by atoms with Gasteiger partial charge in [-0.3, -0.25) is 28.2 Å². The van der Waals surface area contributed by atoms with E-state index in [0.717, 1.165) is 23.8 Å². The zero-order chi connectivity index (χ0) is 29.3. The van der Waals surface area contributed by atoms with E-state index in [4.69, 9.17) is 9.47 Å². The summed E-state index contributed by atoms with van der Waals surface area (Å²) >= 11 is 0. The van der Waals surface area contributed by atoms with Crippen LogP contribution in [0.3, 0.4) is 0 Å². The molecule has 0 saturated carbocycles. The Morgan fingerprint density at radius 1 is 1.05 bits per heavy atom. The van der Waals surface area contributed by atoms with E-state index in [9.17, 15) is 58.8 Å². The van der Waals surface area contributed by atoms with Gasteiger partial charge in [-0.15, -0.1) is 0 Å². The molecule has 9 N–H and O–H groups in total. The predicted octanol–water partition coefficient (Wildman–Crippen LogP) is -4.65. The first kappa shape index (κ1) is 31.7. The molecule has 3 heterocycles. The quantitative estimate of drug-likeness (QED) is 0.113. The summed E-state index contributed by atoms with van der Waals surface area (Å²) in [6.45, 7) is -0.940. The van der Waals surface area contributed by atoms with Crippen LogP contribution in [0, 0.1) is 0 Å². The fraction of sp³-hybridized carbons (Fsp3) is 0.706. The Kier molecular flexibility index (Phi) is 10.0. The van der Waals surface area contributed by atoms with E-state index in [1.807, 2.05) is 4.98 Å². The first-order valence-electron chi connectivity index (χ1n) is 11.0. The number of nitrogens with zero attached hydrogens (tertiary/aromatic N) is 1. The van der Waals surface area contributed by atoms with Crippen molar-refractivity contribution in [1.29, 1.82) is 0 Å². The Balaban J connectivity index is 1.66. The Bertz CT molecular complexity index is 1240. The molecule has 0 aliphatic carbocycles. The van der Waals surface area contributed by atoms with Crippen LogP contribution in [0.15, 0.2) is 21.9 Å². The zero-order valence-electron chi connectivity index (χ0n) is 19.8. The first-order chi connectivity index (χ1) is 18.0. The van der Waals surface area contributed by atoms with Gasteiger partial charge in [-0.05, 0) is 0 Å². The molecule has 1 aromatic rings. The second kappa shape index (κ2) is 12.3. The highest BCUT2D eigenvalue weighted by atomic mass is 31.3. The molecular formula is C17H27N3O17P2. The minimum atomic E-state index is -5.63. The highest BCUT2D eigenvalue weighted by Crippen LogP contribution is 2.61. The van der Waals surface area contributed by atoms with Crippen LogP contribution < -0.4 is 16.6 Å². The van der Waals surface area contributed by atoms with E-state index >= 15 is 0 Å². The van der Waals surface area contributed by atoms with Crippen molar-refractivity contribution in [3.63, 3.8) is 0 Å². The van der Waals surface area contributed by atoms with Gasteiger partial charge in [0.05, 0.1) is 13.2 Å². The maximum absolute atomic E-state index is 12.4. The lowest BCUT2D eigenvalue weighted by atomic mass is 9.97. The molecule has 0 bridgehead atoms. The number of aliphatic hydroxyl groups is 5. The standard InChI is InChI=1S/C17H27N3O17P2/c1-6(22)18-10-13(26)11(24)7(4-21)35-16(10)36-39(31,32)37-38(29,30)33-5-8-12(25)14(27)15(34-8)20-3-2-9(23)19-17(20)28/h2-3,7-8,10-16,21,24-27H,4-5H2,1H3,(H,18,22)(H,29,30)(H,31,32)(H,19,23,28)/t7-,8-,10-,11-,12-,13-,14-,15-,16+/m1/s1. The van der Waals surface area contributed by atoms with Crippen LogP contribution in [0.25, 0.3) is 0 Å². The van der Waals surface area contributed by atoms with E-state index in [1.165, 1.54) is 0 Å². The van der Waals surface area contributed by atoms with E-state index in [-0.39, 0.29) is 0 Å². The predicted molar refractivity (Wildman–Crippen MR) is 120 cm³/mol. The Labute approximate surface area is 217 Å². The third-order valence-electron chi connectivity index (χ3n) is 5.56.